The van der Waals surface area contributed by atoms with Gasteiger partial charge in [0.25, 0.3) is 0 Å². The second kappa shape index (κ2) is 2.99. The van der Waals surface area contributed by atoms with Gasteiger partial charge in [0.15, 0.2) is 0 Å². The van der Waals surface area contributed by atoms with Gasteiger partial charge in [-0.05, 0) is 5.53 Å². The minimum absolute atomic E-state index is 0.587. The molecule has 0 spiro atoms. The van der Waals surface area contributed by atoms with Gasteiger partial charge in [-0.1, -0.05) is 5.11 Å². The van der Waals surface area contributed by atoms with Crippen LogP contribution in [0, 0.1) is 0 Å². The summed E-state index contributed by atoms with van der Waals surface area (Å²) in [4.78, 5) is 11.6. The minimum Gasteiger partial charge on any atom is -0.550 e. The number of rotatable bonds is 2. The lowest BCUT2D eigenvalue weighted by molar-refractivity contribution is -0.303. The van der Waals surface area contributed by atoms with E-state index in [1.54, 1.807) is 0 Å². The molecule has 0 aromatic carbocycles. The summed E-state index contributed by atoms with van der Waals surface area (Å²) in [5.74, 6) is -1.36. The Kier molecular flexibility index (Phi) is 2.47. The Balaban J connectivity index is 3.32. The molecule has 0 unspecified atom stereocenters. The maximum Gasteiger partial charge on any atom is 0.0657 e. The Morgan fingerprint density at radius 3 is 2.71 bits per heavy atom. The summed E-state index contributed by atoms with van der Waals surface area (Å²) < 4.78 is 0. The highest BCUT2D eigenvalue weighted by Gasteiger charge is 1.73. The molecule has 7 heavy (non-hydrogen) atoms. The Bertz CT molecular complexity index is 114. The van der Waals surface area contributed by atoms with Crippen LogP contribution in [0.25, 0.3) is 10.4 Å². The number of hydrogen-bond acceptors (Lipinski definition) is 3. The SMILES string of the molecule is [N-]=[N+]=NCC(=O)[O-]. The van der Waals surface area contributed by atoms with Crippen LogP contribution in [0.2, 0.25) is 0 Å². The highest BCUT2D eigenvalue weighted by molar-refractivity contribution is 5.66. The van der Waals surface area contributed by atoms with Crippen LogP contribution in [0.3, 0.4) is 0 Å². The lowest BCUT2D eigenvalue weighted by Gasteiger charge is -1.87. The van der Waals surface area contributed by atoms with Crippen LogP contribution in [0.4, 0.5) is 0 Å². The summed E-state index contributed by atoms with van der Waals surface area (Å²) in [6.07, 6.45) is 0. The van der Waals surface area contributed by atoms with E-state index in [0.29, 0.717) is 0 Å². The summed E-state index contributed by atoms with van der Waals surface area (Å²) in [5, 5.41) is 12.1. The van der Waals surface area contributed by atoms with E-state index in [1.807, 2.05) is 0 Å². The second-order valence-electron chi connectivity index (χ2n) is 0.761. The fourth-order valence-corrected chi connectivity index (χ4v) is 0.0894. The third-order valence-electron chi connectivity index (χ3n) is 0.263. The average Bonchev–Trinajstić information content (AvgIpc) is 1.61. The fourth-order valence-electron chi connectivity index (χ4n) is 0.0894. The first-order valence-electron chi connectivity index (χ1n) is 1.48. The molecule has 0 aromatic rings. The van der Waals surface area contributed by atoms with E-state index in [1.165, 1.54) is 0 Å². The molecule has 38 valence electrons. The van der Waals surface area contributed by atoms with Gasteiger partial charge in [0.2, 0.25) is 0 Å². The predicted molar refractivity (Wildman–Crippen MR) is 19.0 cm³/mol. The van der Waals surface area contributed by atoms with Crippen molar-refractivity contribution in [1.82, 2.24) is 0 Å². The third kappa shape index (κ3) is 4.78. The van der Waals surface area contributed by atoms with E-state index < -0.39 is 12.5 Å². The Labute approximate surface area is 39.2 Å². The molecule has 0 rings (SSSR count). The van der Waals surface area contributed by atoms with Crippen molar-refractivity contribution in [2.75, 3.05) is 6.54 Å². The summed E-state index contributed by atoms with van der Waals surface area (Å²) in [5.41, 5.74) is 7.48. The molecule has 0 aliphatic heterocycles. The van der Waals surface area contributed by atoms with E-state index >= 15 is 0 Å². The van der Waals surface area contributed by atoms with Gasteiger partial charge in [-0.2, -0.15) is 0 Å². The largest absolute Gasteiger partial charge is 0.550 e. The average molecular weight is 100 g/mol. The van der Waals surface area contributed by atoms with Crippen molar-refractivity contribution in [3.63, 3.8) is 0 Å². The maximum absolute atomic E-state index is 9.38. The minimum atomic E-state index is -1.36. The number of carboxylic acid groups (broad SMARTS) is 1. The summed E-state index contributed by atoms with van der Waals surface area (Å²) in [7, 11) is 0. The molecule has 0 aromatic heterocycles. The predicted octanol–water partition coefficient (Wildman–Crippen LogP) is -0.953. The van der Waals surface area contributed by atoms with Crippen molar-refractivity contribution in [2.24, 2.45) is 5.11 Å². The monoisotopic (exact) mass is 100 g/mol. The van der Waals surface area contributed by atoms with Gasteiger partial charge in [-0.25, -0.2) is 0 Å². The zero-order valence-corrected chi connectivity index (χ0v) is 3.37. The van der Waals surface area contributed by atoms with E-state index in [4.69, 9.17) is 5.53 Å². The first-order valence-corrected chi connectivity index (χ1v) is 1.48. The van der Waals surface area contributed by atoms with Gasteiger partial charge in [-0.15, -0.1) is 0 Å². The van der Waals surface area contributed by atoms with Crippen molar-refractivity contribution < 1.29 is 9.90 Å². The van der Waals surface area contributed by atoms with E-state index in [-0.39, 0.29) is 0 Å². The molecule has 0 atom stereocenters. The molecule has 0 bridgehead atoms. The highest BCUT2D eigenvalue weighted by atomic mass is 16.4. The van der Waals surface area contributed by atoms with Crippen LogP contribution in [0.5, 0.6) is 0 Å². The molecule has 0 aliphatic rings. The van der Waals surface area contributed by atoms with Crippen molar-refractivity contribution >= 4 is 5.97 Å². The quantitative estimate of drug-likeness (QED) is 0.254. The lowest BCUT2D eigenvalue weighted by atomic mass is 10.7. The topological polar surface area (TPSA) is 88.9 Å². The first kappa shape index (κ1) is 5.78. The lowest BCUT2D eigenvalue weighted by Crippen LogP contribution is -2.24. The van der Waals surface area contributed by atoms with Gasteiger partial charge >= 0.3 is 0 Å². The number of carbonyl (C=O) groups is 1. The molecule has 5 nitrogen and oxygen atoms in total. The number of nitrogens with zero attached hydrogens (tertiary/aromatic N) is 3. The Morgan fingerprint density at radius 2 is 2.57 bits per heavy atom. The molecular weight excluding hydrogens is 98.0 g/mol. The Hall–Kier alpha value is -1.22. The van der Waals surface area contributed by atoms with Crippen molar-refractivity contribution in [2.45, 2.75) is 0 Å². The molecular formula is C2H2N3O2-. The standard InChI is InChI=1S/C2H3N3O2/c3-5-4-1-2(6)7/h1H2,(H,6,7)/p-1. The van der Waals surface area contributed by atoms with Crippen LogP contribution in [0.1, 0.15) is 0 Å². The van der Waals surface area contributed by atoms with Crippen LogP contribution in [-0.4, -0.2) is 12.5 Å². The van der Waals surface area contributed by atoms with Gasteiger partial charge in [0, 0.05) is 10.9 Å². The first-order chi connectivity index (χ1) is 3.27. The number of azide groups is 1. The molecule has 0 radical (unpaired) electrons. The second-order valence-corrected chi connectivity index (χ2v) is 0.761. The number of hydrogen-bond donors (Lipinski definition) is 0. The van der Waals surface area contributed by atoms with Gasteiger partial charge in [-0.3, -0.25) is 0 Å². The highest BCUT2D eigenvalue weighted by Crippen LogP contribution is 1.64. The van der Waals surface area contributed by atoms with Crippen LogP contribution < -0.4 is 5.11 Å². The van der Waals surface area contributed by atoms with Gasteiger partial charge in [0.1, 0.15) is 0 Å². The van der Waals surface area contributed by atoms with Crippen LogP contribution >= 0.6 is 0 Å². The summed E-state index contributed by atoms with van der Waals surface area (Å²) in [6.45, 7) is -0.587. The van der Waals surface area contributed by atoms with Crippen molar-refractivity contribution in [1.29, 1.82) is 0 Å². The third-order valence-corrected chi connectivity index (χ3v) is 0.263. The van der Waals surface area contributed by atoms with E-state index in [2.05, 4.69) is 10.0 Å². The number of carbonyl (C=O) groups excluding carboxylic acids is 1. The van der Waals surface area contributed by atoms with Crippen molar-refractivity contribution in [3.05, 3.63) is 10.4 Å². The molecule has 0 saturated carbocycles. The zero-order valence-electron chi connectivity index (χ0n) is 3.37. The zero-order chi connectivity index (χ0) is 5.70. The van der Waals surface area contributed by atoms with Crippen molar-refractivity contribution in [3.8, 4) is 0 Å². The fraction of sp³-hybridized carbons (Fsp3) is 0.500. The smallest absolute Gasteiger partial charge is 0.0657 e. The molecule has 0 heterocycles. The van der Waals surface area contributed by atoms with Crippen LogP contribution in [-0.2, 0) is 4.79 Å². The van der Waals surface area contributed by atoms with Gasteiger partial charge in [0.05, 0.1) is 6.54 Å². The maximum atomic E-state index is 9.38. The summed E-state index contributed by atoms with van der Waals surface area (Å²) >= 11 is 0. The summed E-state index contributed by atoms with van der Waals surface area (Å²) in [6, 6.07) is 0. The number of carboxylic acids is 1. The molecule has 0 N–H and O–H groups in total. The Morgan fingerprint density at radius 1 is 2.00 bits per heavy atom. The molecule has 0 fully saturated rings. The molecule has 0 aliphatic carbocycles. The van der Waals surface area contributed by atoms with Gasteiger partial charge < -0.3 is 9.90 Å². The molecule has 0 amide bonds. The normalized spacial score (nSPS) is 6.86. The van der Waals surface area contributed by atoms with E-state index in [0.717, 1.165) is 0 Å². The number of aliphatic carboxylic acids is 1. The molecule has 5 heteroatoms. The molecule has 0 saturated heterocycles. The van der Waals surface area contributed by atoms with Crippen LogP contribution in [0.15, 0.2) is 5.11 Å². The van der Waals surface area contributed by atoms with E-state index in [9.17, 15) is 9.90 Å².